The van der Waals surface area contributed by atoms with Gasteiger partial charge in [0.05, 0.1) is 4.90 Å². The molecule has 0 saturated carbocycles. The van der Waals surface area contributed by atoms with Gasteiger partial charge in [-0.1, -0.05) is 0 Å². The third-order valence-corrected chi connectivity index (χ3v) is 6.85. The van der Waals surface area contributed by atoms with Crippen molar-refractivity contribution in [2.45, 2.75) is 30.6 Å². The largest absolute Gasteiger partial charge is 0.326 e. The number of nitrogens with zero attached hydrogens (tertiary/aromatic N) is 1. The zero-order valence-corrected chi connectivity index (χ0v) is 16.1. The Kier molecular flexibility index (Phi) is 6.41. The third kappa shape index (κ3) is 5.14. The van der Waals surface area contributed by atoms with E-state index in [0.29, 0.717) is 44.5 Å². The van der Waals surface area contributed by atoms with Gasteiger partial charge in [0.1, 0.15) is 11.6 Å². The number of hydrogen-bond donors (Lipinski definition) is 1. The van der Waals surface area contributed by atoms with Crippen molar-refractivity contribution in [1.82, 2.24) is 4.31 Å². The predicted octanol–water partition coefficient (Wildman–Crippen LogP) is 3.78. The van der Waals surface area contributed by atoms with Gasteiger partial charge in [0.25, 0.3) is 0 Å². The number of halogens is 2. The molecule has 5 nitrogen and oxygen atoms in total. The highest BCUT2D eigenvalue weighted by molar-refractivity contribution is 7.89. The minimum absolute atomic E-state index is 0.0889. The summed E-state index contributed by atoms with van der Waals surface area (Å²) >= 11 is 0. The second-order valence-corrected chi connectivity index (χ2v) is 8.83. The van der Waals surface area contributed by atoms with Crippen LogP contribution < -0.4 is 5.32 Å². The number of carbonyl (C=O) groups is 1. The van der Waals surface area contributed by atoms with E-state index < -0.39 is 15.8 Å². The first-order valence-electron chi connectivity index (χ1n) is 9.16. The fourth-order valence-corrected chi connectivity index (χ4v) is 4.76. The molecule has 0 atom stereocenters. The summed E-state index contributed by atoms with van der Waals surface area (Å²) in [6.45, 7) is 0.758. The van der Waals surface area contributed by atoms with E-state index in [2.05, 4.69) is 5.32 Å². The topological polar surface area (TPSA) is 66.5 Å². The SMILES string of the molecule is O=C(CCC1CCN(S(=O)(=O)c2ccc(F)cc2)CC1)Nc1ccc(F)cc1. The van der Waals surface area contributed by atoms with Crippen LogP contribution in [0.25, 0.3) is 0 Å². The second-order valence-electron chi connectivity index (χ2n) is 6.90. The van der Waals surface area contributed by atoms with Crippen molar-refractivity contribution in [2.24, 2.45) is 5.92 Å². The number of benzene rings is 2. The van der Waals surface area contributed by atoms with E-state index in [0.717, 1.165) is 12.1 Å². The van der Waals surface area contributed by atoms with Crippen LogP contribution in [0.2, 0.25) is 0 Å². The summed E-state index contributed by atoms with van der Waals surface area (Å²) in [6.07, 6.45) is 2.33. The molecule has 0 spiro atoms. The van der Waals surface area contributed by atoms with E-state index in [-0.39, 0.29) is 22.5 Å². The van der Waals surface area contributed by atoms with Crippen LogP contribution in [0.4, 0.5) is 14.5 Å². The Morgan fingerprint density at radius 3 is 2.07 bits per heavy atom. The highest BCUT2D eigenvalue weighted by atomic mass is 32.2. The Hall–Kier alpha value is -2.32. The molecule has 1 fully saturated rings. The number of anilines is 1. The number of amides is 1. The lowest BCUT2D eigenvalue weighted by atomic mass is 9.93. The lowest BCUT2D eigenvalue weighted by Gasteiger charge is -2.31. The Balaban J connectivity index is 1.46. The summed E-state index contributed by atoms with van der Waals surface area (Å²) in [7, 11) is -3.62. The van der Waals surface area contributed by atoms with Gasteiger partial charge in [-0.15, -0.1) is 0 Å². The van der Waals surface area contributed by atoms with Crippen LogP contribution in [0.5, 0.6) is 0 Å². The molecule has 2 aromatic rings. The molecule has 1 aliphatic rings. The van der Waals surface area contributed by atoms with Crippen LogP contribution in [-0.2, 0) is 14.8 Å². The van der Waals surface area contributed by atoms with Crippen molar-refractivity contribution in [3.05, 3.63) is 60.2 Å². The van der Waals surface area contributed by atoms with E-state index in [9.17, 15) is 22.0 Å². The van der Waals surface area contributed by atoms with Gasteiger partial charge < -0.3 is 5.32 Å². The number of nitrogens with one attached hydrogen (secondary N) is 1. The van der Waals surface area contributed by atoms with Crippen molar-refractivity contribution >= 4 is 21.6 Å². The van der Waals surface area contributed by atoms with Gasteiger partial charge in [0.2, 0.25) is 15.9 Å². The molecule has 1 amide bonds. The van der Waals surface area contributed by atoms with Gasteiger partial charge in [-0.3, -0.25) is 4.79 Å². The van der Waals surface area contributed by atoms with Crippen molar-refractivity contribution in [3.8, 4) is 0 Å². The predicted molar refractivity (Wildman–Crippen MR) is 102 cm³/mol. The number of rotatable bonds is 6. The first-order chi connectivity index (χ1) is 13.3. The van der Waals surface area contributed by atoms with Gasteiger partial charge in [-0.05, 0) is 73.7 Å². The number of piperidine rings is 1. The maximum Gasteiger partial charge on any atom is 0.243 e. The van der Waals surface area contributed by atoms with Gasteiger partial charge in [-0.2, -0.15) is 4.31 Å². The minimum atomic E-state index is -3.62. The molecule has 1 saturated heterocycles. The van der Waals surface area contributed by atoms with E-state index in [1.807, 2.05) is 0 Å². The monoisotopic (exact) mass is 408 g/mol. The van der Waals surface area contributed by atoms with Crippen LogP contribution in [0.15, 0.2) is 53.4 Å². The molecule has 28 heavy (non-hydrogen) atoms. The molecule has 8 heteroatoms. The van der Waals surface area contributed by atoms with Gasteiger partial charge in [-0.25, -0.2) is 17.2 Å². The van der Waals surface area contributed by atoms with Gasteiger partial charge in [0, 0.05) is 25.2 Å². The molecule has 1 heterocycles. The summed E-state index contributed by atoms with van der Waals surface area (Å²) in [5.74, 6) is -0.719. The number of sulfonamides is 1. The van der Waals surface area contributed by atoms with Crippen molar-refractivity contribution < 1.29 is 22.0 Å². The summed E-state index contributed by atoms with van der Waals surface area (Å²) in [4.78, 5) is 12.1. The molecule has 0 aromatic heterocycles. The summed E-state index contributed by atoms with van der Waals surface area (Å²) in [6, 6.07) is 10.4. The minimum Gasteiger partial charge on any atom is -0.326 e. The zero-order valence-electron chi connectivity index (χ0n) is 15.3. The van der Waals surface area contributed by atoms with Crippen molar-refractivity contribution in [2.75, 3.05) is 18.4 Å². The molecule has 0 bridgehead atoms. The van der Waals surface area contributed by atoms with Crippen molar-refractivity contribution in [3.63, 3.8) is 0 Å². The van der Waals surface area contributed by atoms with Crippen LogP contribution in [0.1, 0.15) is 25.7 Å². The zero-order chi connectivity index (χ0) is 20.1. The number of hydrogen-bond acceptors (Lipinski definition) is 3. The van der Waals surface area contributed by atoms with E-state index in [1.165, 1.54) is 40.7 Å². The molecule has 0 aliphatic carbocycles. The summed E-state index contributed by atoms with van der Waals surface area (Å²) in [5.41, 5.74) is 0.548. The van der Waals surface area contributed by atoms with Crippen LogP contribution in [-0.4, -0.2) is 31.7 Å². The average Bonchev–Trinajstić information content (AvgIpc) is 2.69. The van der Waals surface area contributed by atoms with Crippen LogP contribution in [0, 0.1) is 17.6 Å². The smallest absolute Gasteiger partial charge is 0.243 e. The average molecular weight is 408 g/mol. The molecule has 0 radical (unpaired) electrons. The molecule has 0 unspecified atom stereocenters. The Bertz CT molecular complexity index is 907. The van der Waals surface area contributed by atoms with Crippen LogP contribution in [0.3, 0.4) is 0 Å². The van der Waals surface area contributed by atoms with E-state index in [1.54, 1.807) is 0 Å². The Labute approximate surface area is 163 Å². The van der Waals surface area contributed by atoms with Crippen molar-refractivity contribution in [1.29, 1.82) is 0 Å². The van der Waals surface area contributed by atoms with E-state index in [4.69, 9.17) is 0 Å². The summed E-state index contributed by atoms with van der Waals surface area (Å²) < 4.78 is 52.5. The third-order valence-electron chi connectivity index (χ3n) is 4.93. The van der Waals surface area contributed by atoms with Crippen LogP contribution >= 0.6 is 0 Å². The van der Waals surface area contributed by atoms with Gasteiger partial charge >= 0.3 is 0 Å². The first-order valence-corrected chi connectivity index (χ1v) is 10.6. The number of carbonyl (C=O) groups excluding carboxylic acids is 1. The first kappa shape index (κ1) is 20.4. The maximum atomic E-state index is 13.0. The highest BCUT2D eigenvalue weighted by Crippen LogP contribution is 2.26. The Morgan fingerprint density at radius 1 is 0.964 bits per heavy atom. The molecule has 3 rings (SSSR count). The molecule has 150 valence electrons. The quantitative estimate of drug-likeness (QED) is 0.791. The molecule has 2 aromatic carbocycles. The lowest BCUT2D eigenvalue weighted by Crippen LogP contribution is -2.38. The Morgan fingerprint density at radius 2 is 1.50 bits per heavy atom. The maximum absolute atomic E-state index is 13.0. The molecule has 1 aliphatic heterocycles. The molecular weight excluding hydrogens is 386 g/mol. The fraction of sp³-hybridized carbons (Fsp3) is 0.350. The highest BCUT2D eigenvalue weighted by Gasteiger charge is 2.29. The normalized spacial score (nSPS) is 16.1. The lowest BCUT2D eigenvalue weighted by molar-refractivity contribution is -0.116. The molecule has 1 N–H and O–H groups in total. The standard InChI is InChI=1S/C20H22F2N2O3S/c21-16-2-6-18(7-3-16)23-20(25)10-1-15-11-13-24(14-12-15)28(26,27)19-8-4-17(22)5-9-19/h2-9,15H,1,10-14H2,(H,23,25). The second kappa shape index (κ2) is 8.79. The molecular formula is C20H22F2N2O3S. The fourth-order valence-electron chi connectivity index (χ4n) is 3.29. The van der Waals surface area contributed by atoms with Gasteiger partial charge in [0.15, 0.2) is 0 Å². The van der Waals surface area contributed by atoms with E-state index >= 15 is 0 Å². The summed E-state index contributed by atoms with van der Waals surface area (Å²) in [5, 5.41) is 2.73.